The van der Waals surface area contributed by atoms with Crippen LogP contribution in [0.5, 0.6) is 10.9 Å². The van der Waals surface area contributed by atoms with Crippen molar-refractivity contribution in [2.75, 3.05) is 0 Å². The number of hydrogen-bond donors (Lipinski definition) is 1. The SMILES string of the molecule is O=C(CCc1ccc(Br)cc1)NCc1ccc(Oc2nccs2)cc1. The highest BCUT2D eigenvalue weighted by molar-refractivity contribution is 9.10. The summed E-state index contributed by atoms with van der Waals surface area (Å²) in [7, 11) is 0. The lowest BCUT2D eigenvalue weighted by molar-refractivity contribution is -0.121. The van der Waals surface area contributed by atoms with Gasteiger partial charge in [0, 0.05) is 29.0 Å². The lowest BCUT2D eigenvalue weighted by Crippen LogP contribution is -2.22. The Hall–Kier alpha value is -2.18. The van der Waals surface area contributed by atoms with E-state index in [4.69, 9.17) is 4.74 Å². The molecule has 6 heteroatoms. The van der Waals surface area contributed by atoms with E-state index < -0.39 is 0 Å². The number of hydrogen-bond acceptors (Lipinski definition) is 4. The van der Waals surface area contributed by atoms with Gasteiger partial charge < -0.3 is 10.1 Å². The number of rotatable bonds is 7. The lowest BCUT2D eigenvalue weighted by Gasteiger charge is -2.07. The molecule has 1 amide bonds. The van der Waals surface area contributed by atoms with Crippen molar-refractivity contribution in [1.29, 1.82) is 0 Å². The van der Waals surface area contributed by atoms with Crippen LogP contribution < -0.4 is 10.1 Å². The van der Waals surface area contributed by atoms with Gasteiger partial charge in [-0.25, -0.2) is 4.98 Å². The summed E-state index contributed by atoms with van der Waals surface area (Å²) in [6, 6.07) is 15.7. The van der Waals surface area contributed by atoms with Gasteiger partial charge in [0.25, 0.3) is 5.19 Å². The van der Waals surface area contributed by atoms with Crippen molar-refractivity contribution in [2.24, 2.45) is 0 Å². The van der Waals surface area contributed by atoms with Crippen LogP contribution in [0, 0.1) is 0 Å². The zero-order valence-corrected chi connectivity index (χ0v) is 15.8. The largest absolute Gasteiger partial charge is 0.431 e. The zero-order chi connectivity index (χ0) is 17.5. The van der Waals surface area contributed by atoms with Crippen LogP contribution >= 0.6 is 27.3 Å². The topological polar surface area (TPSA) is 51.2 Å². The highest BCUT2D eigenvalue weighted by atomic mass is 79.9. The monoisotopic (exact) mass is 416 g/mol. The molecule has 0 aliphatic heterocycles. The molecule has 0 atom stereocenters. The van der Waals surface area contributed by atoms with Crippen LogP contribution in [0.2, 0.25) is 0 Å². The first kappa shape index (κ1) is 17.6. The Kier molecular flexibility index (Phi) is 6.19. The second kappa shape index (κ2) is 8.78. The number of benzene rings is 2. The maximum atomic E-state index is 12.0. The van der Waals surface area contributed by atoms with Gasteiger partial charge in [0.05, 0.1) is 0 Å². The molecule has 0 bridgehead atoms. The highest BCUT2D eigenvalue weighted by Gasteiger charge is 2.04. The summed E-state index contributed by atoms with van der Waals surface area (Å²) in [6.45, 7) is 0.511. The summed E-state index contributed by atoms with van der Waals surface area (Å²) < 4.78 is 6.66. The molecule has 1 aromatic heterocycles. The number of amides is 1. The number of nitrogens with one attached hydrogen (secondary N) is 1. The van der Waals surface area contributed by atoms with E-state index in [1.54, 1.807) is 6.20 Å². The van der Waals surface area contributed by atoms with Gasteiger partial charge >= 0.3 is 0 Å². The van der Waals surface area contributed by atoms with E-state index in [9.17, 15) is 4.79 Å². The molecule has 4 nitrogen and oxygen atoms in total. The van der Waals surface area contributed by atoms with Gasteiger partial charge in [-0.3, -0.25) is 4.79 Å². The molecule has 0 saturated carbocycles. The fourth-order valence-electron chi connectivity index (χ4n) is 2.23. The third-order valence-electron chi connectivity index (χ3n) is 3.58. The molecule has 0 fully saturated rings. The molecule has 0 aliphatic rings. The van der Waals surface area contributed by atoms with Gasteiger partial charge in [0.1, 0.15) is 5.75 Å². The molecule has 2 aromatic carbocycles. The molecule has 0 aliphatic carbocycles. The number of halogens is 1. The Balaban J connectivity index is 1.43. The van der Waals surface area contributed by atoms with Gasteiger partial charge in [0.2, 0.25) is 5.91 Å². The summed E-state index contributed by atoms with van der Waals surface area (Å²) >= 11 is 4.85. The van der Waals surface area contributed by atoms with Crippen molar-refractivity contribution in [3.8, 4) is 10.9 Å². The standard InChI is InChI=1S/C19H17BrN2O2S/c20-16-6-1-14(2-7-16)5-10-18(23)22-13-15-3-8-17(9-4-15)24-19-21-11-12-25-19/h1-4,6-9,11-12H,5,10,13H2,(H,22,23). The quantitative estimate of drug-likeness (QED) is 0.592. The molecule has 1 N–H and O–H groups in total. The molecular weight excluding hydrogens is 400 g/mol. The van der Waals surface area contributed by atoms with Crippen molar-refractivity contribution in [3.63, 3.8) is 0 Å². The van der Waals surface area contributed by atoms with Gasteiger partial charge in [-0.05, 0) is 41.8 Å². The van der Waals surface area contributed by atoms with Gasteiger partial charge in [-0.1, -0.05) is 51.5 Å². The number of aryl methyl sites for hydroxylation is 1. The maximum Gasteiger partial charge on any atom is 0.278 e. The summed E-state index contributed by atoms with van der Waals surface area (Å²) in [5.41, 5.74) is 2.19. The number of carbonyl (C=O) groups is 1. The lowest BCUT2D eigenvalue weighted by atomic mass is 10.1. The van der Waals surface area contributed by atoms with E-state index in [2.05, 4.69) is 26.2 Å². The minimum absolute atomic E-state index is 0.0473. The van der Waals surface area contributed by atoms with Crippen molar-refractivity contribution in [1.82, 2.24) is 10.3 Å². The molecular formula is C19H17BrN2O2S. The van der Waals surface area contributed by atoms with Crippen LogP contribution in [0.3, 0.4) is 0 Å². The molecule has 128 valence electrons. The summed E-state index contributed by atoms with van der Waals surface area (Å²) in [5.74, 6) is 0.784. The second-order valence-electron chi connectivity index (χ2n) is 5.45. The van der Waals surface area contributed by atoms with Gasteiger partial charge in [-0.2, -0.15) is 0 Å². The first-order valence-corrected chi connectivity index (χ1v) is 9.54. The second-order valence-corrected chi connectivity index (χ2v) is 7.22. The molecule has 1 heterocycles. The summed E-state index contributed by atoms with van der Waals surface area (Å²) in [6.07, 6.45) is 2.92. The van der Waals surface area contributed by atoms with Gasteiger partial charge in [0.15, 0.2) is 0 Å². The maximum absolute atomic E-state index is 12.0. The highest BCUT2D eigenvalue weighted by Crippen LogP contribution is 2.23. The average Bonchev–Trinajstić information content (AvgIpc) is 3.14. The first-order valence-electron chi connectivity index (χ1n) is 7.86. The van der Waals surface area contributed by atoms with Crippen LogP contribution in [-0.4, -0.2) is 10.9 Å². The van der Waals surface area contributed by atoms with Gasteiger partial charge in [-0.15, -0.1) is 0 Å². The van der Waals surface area contributed by atoms with E-state index in [0.717, 1.165) is 27.8 Å². The third kappa shape index (κ3) is 5.69. The third-order valence-corrected chi connectivity index (χ3v) is 4.76. The first-order chi connectivity index (χ1) is 12.2. The van der Waals surface area contributed by atoms with Crippen molar-refractivity contribution in [2.45, 2.75) is 19.4 Å². The van der Waals surface area contributed by atoms with Crippen LogP contribution in [0.25, 0.3) is 0 Å². The van der Waals surface area contributed by atoms with E-state index in [-0.39, 0.29) is 5.91 Å². The fourth-order valence-corrected chi connectivity index (χ4v) is 3.00. The van der Waals surface area contributed by atoms with E-state index in [1.807, 2.05) is 53.9 Å². The summed E-state index contributed by atoms with van der Waals surface area (Å²) in [5, 5.41) is 5.43. The minimum Gasteiger partial charge on any atom is -0.431 e. The number of aromatic nitrogens is 1. The van der Waals surface area contributed by atoms with E-state index in [0.29, 0.717) is 18.2 Å². The number of ether oxygens (including phenoxy) is 1. The van der Waals surface area contributed by atoms with Crippen LogP contribution in [0.1, 0.15) is 17.5 Å². The molecule has 0 radical (unpaired) electrons. The zero-order valence-electron chi connectivity index (χ0n) is 13.4. The number of carbonyl (C=O) groups excluding carboxylic acids is 1. The number of thiazole rings is 1. The fraction of sp³-hybridized carbons (Fsp3) is 0.158. The average molecular weight is 417 g/mol. The Labute approximate surface area is 159 Å². The smallest absolute Gasteiger partial charge is 0.278 e. The Morgan fingerprint density at radius 3 is 2.48 bits per heavy atom. The molecule has 3 aromatic rings. The predicted molar refractivity (Wildman–Crippen MR) is 103 cm³/mol. The normalized spacial score (nSPS) is 10.4. The molecule has 0 saturated heterocycles. The molecule has 0 unspecified atom stereocenters. The van der Waals surface area contributed by atoms with Crippen molar-refractivity contribution < 1.29 is 9.53 Å². The van der Waals surface area contributed by atoms with Crippen molar-refractivity contribution >= 4 is 33.2 Å². The van der Waals surface area contributed by atoms with Crippen molar-refractivity contribution in [3.05, 3.63) is 75.7 Å². The molecule has 25 heavy (non-hydrogen) atoms. The van der Waals surface area contributed by atoms with Crippen LogP contribution in [-0.2, 0) is 17.8 Å². The minimum atomic E-state index is 0.0473. The summed E-state index contributed by atoms with van der Waals surface area (Å²) in [4.78, 5) is 16.1. The Bertz CT molecular complexity index is 802. The molecule has 0 spiro atoms. The Morgan fingerprint density at radius 2 is 1.80 bits per heavy atom. The number of nitrogens with zero attached hydrogens (tertiary/aromatic N) is 1. The Morgan fingerprint density at radius 1 is 1.08 bits per heavy atom. The van der Waals surface area contributed by atoms with Crippen LogP contribution in [0.15, 0.2) is 64.6 Å². The van der Waals surface area contributed by atoms with Crippen LogP contribution in [0.4, 0.5) is 0 Å². The predicted octanol–water partition coefficient (Wildman–Crippen LogP) is 4.95. The van der Waals surface area contributed by atoms with E-state index in [1.165, 1.54) is 11.3 Å². The van der Waals surface area contributed by atoms with E-state index >= 15 is 0 Å². The molecule has 3 rings (SSSR count).